The van der Waals surface area contributed by atoms with Crippen LogP contribution in [0.5, 0.6) is 0 Å². The van der Waals surface area contributed by atoms with Crippen LogP contribution in [0.4, 0.5) is 13.2 Å². The van der Waals surface area contributed by atoms with Gasteiger partial charge in [-0.15, -0.1) is 0 Å². The van der Waals surface area contributed by atoms with E-state index in [0.29, 0.717) is 35.7 Å². The molecular weight excluding hydrogens is 371 g/mol. The Labute approximate surface area is 160 Å². The highest BCUT2D eigenvalue weighted by Gasteiger charge is 2.37. The number of hydrogen-bond acceptors (Lipinski definition) is 3. The molecule has 5 nitrogen and oxygen atoms in total. The molecule has 8 heteroatoms. The van der Waals surface area contributed by atoms with Gasteiger partial charge in [-0.05, 0) is 49.5 Å². The van der Waals surface area contributed by atoms with Crippen molar-refractivity contribution in [3.8, 4) is 0 Å². The van der Waals surface area contributed by atoms with Gasteiger partial charge in [0.1, 0.15) is 5.76 Å². The molecule has 0 radical (unpaired) electrons. The van der Waals surface area contributed by atoms with E-state index >= 15 is 0 Å². The highest BCUT2D eigenvalue weighted by molar-refractivity contribution is 5.81. The fourth-order valence-corrected chi connectivity index (χ4v) is 3.72. The van der Waals surface area contributed by atoms with Gasteiger partial charge in [0, 0.05) is 5.92 Å². The van der Waals surface area contributed by atoms with Crippen LogP contribution in [0, 0.1) is 0 Å². The topological polar surface area (TPSA) is 56.2 Å². The van der Waals surface area contributed by atoms with Crippen LogP contribution in [-0.4, -0.2) is 22.3 Å². The Morgan fingerprint density at radius 3 is 2.82 bits per heavy atom. The number of nitrogens with zero attached hydrogens (tertiary/aromatic N) is 2. The molecule has 2 aliphatic carbocycles. The summed E-state index contributed by atoms with van der Waals surface area (Å²) >= 11 is 0. The normalized spacial score (nSPS) is 22.3. The fourth-order valence-electron chi connectivity index (χ4n) is 3.72. The van der Waals surface area contributed by atoms with E-state index in [-0.39, 0.29) is 18.4 Å². The maximum Gasteiger partial charge on any atom is 0.435 e. The second-order valence-electron chi connectivity index (χ2n) is 6.94. The molecule has 148 valence electrons. The number of allylic oxidation sites excluding steroid dienone is 6. The first-order valence-corrected chi connectivity index (χ1v) is 9.29. The molecule has 1 atom stereocenters. The van der Waals surface area contributed by atoms with E-state index in [1.807, 2.05) is 13.0 Å². The summed E-state index contributed by atoms with van der Waals surface area (Å²) < 4.78 is 47.0. The molecule has 0 bridgehead atoms. The van der Waals surface area contributed by atoms with Crippen LogP contribution in [0.25, 0.3) is 5.70 Å². The second-order valence-corrected chi connectivity index (χ2v) is 6.94. The Balaban J connectivity index is 1.77. The largest absolute Gasteiger partial charge is 0.482 e. The zero-order chi connectivity index (χ0) is 19.9. The molecule has 1 saturated heterocycles. The maximum absolute atomic E-state index is 13.4. The summed E-state index contributed by atoms with van der Waals surface area (Å²) in [5, 5.41) is 6.64. The highest BCUT2D eigenvalue weighted by atomic mass is 19.4. The van der Waals surface area contributed by atoms with Crippen molar-refractivity contribution in [3.63, 3.8) is 0 Å². The molecule has 1 amide bonds. The maximum atomic E-state index is 13.4. The minimum absolute atomic E-state index is 0.0540. The molecule has 1 unspecified atom stereocenters. The predicted molar refractivity (Wildman–Crippen MR) is 96.7 cm³/mol. The molecule has 1 aromatic rings. The van der Waals surface area contributed by atoms with Gasteiger partial charge in [-0.2, -0.15) is 18.3 Å². The number of carbonyl (C=O) groups is 1. The van der Waals surface area contributed by atoms with Gasteiger partial charge >= 0.3 is 6.18 Å². The fraction of sp³-hybridized carbons (Fsp3) is 0.400. The summed E-state index contributed by atoms with van der Waals surface area (Å²) in [6.07, 6.45) is 5.84. The van der Waals surface area contributed by atoms with Crippen LogP contribution in [0.2, 0.25) is 0 Å². The third-order valence-electron chi connectivity index (χ3n) is 5.06. The number of halogens is 3. The van der Waals surface area contributed by atoms with Crippen LogP contribution in [0.15, 0.2) is 47.4 Å². The number of nitrogens with one attached hydrogen (secondary N) is 1. The van der Waals surface area contributed by atoms with Gasteiger partial charge in [-0.25, -0.2) is 4.68 Å². The number of aromatic nitrogens is 2. The molecule has 0 saturated carbocycles. The van der Waals surface area contributed by atoms with Gasteiger partial charge < -0.3 is 10.1 Å². The quantitative estimate of drug-likeness (QED) is 0.837. The Hall–Kier alpha value is -2.77. The summed E-state index contributed by atoms with van der Waals surface area (Å²) in [6.45, 7) is 1.92. The van der Waals surface area contributed by atoms with Gasteiger partial charge in [0.25, 0.3) is 5.91 Å². The minimum Gasteiger partial charge on any atom is -0.482 e. The molecular formula is C20H20F3N3O2. The Morgan fingerprint density at radius 2 is 2.07 bits per heavy atom. The lowest BCUT2D eigenvalue weighted by Gasteiger charge is -2.27. The van der Waals surface area contributed by atoms with E-state index in [9.17, 15) is 18.0 Å². The van der Waals surface area contributed by atoms with Crippen LogP contribution >= 0.6 is 0 Å². The molecule has 1 aliphatic heterocycles. The van der Waals surface area contributed by atoms with Gasteiger partial charge in [0.15, 0.2) is 12.3 Å². The third kappa shape index (κ3) is 3.39. The number of carbonyl (C=O) groups excluding carboxylic acids is 1. The van der Waals surface area contributed by atoms with Crippen LogP contribution < -0.4 is 5.32 Å². The van der Waals surface area contributed by atoms with Crippen molar-refractivity contribution in [3.05, 3.63) is 58.8 Å². The van der Waals surface area contributed by atoms with Crippen molar-refractivity contribution in [2.24, 2.45) is 0 Å². The average Bonchev–Trinajstić information content (AvgIpc) is 3.13. The Kier molecular flexibility index (Phi) is 4.64. The molecule has 28 heavy (non-hydrogen) atoms. The van der Waals surface area contributed by atoms with Crippen molar-refractivity contribution in [1.29, 1.82) is 0 Å². The number of amides is 1. The standard InChI is InChI=1S/C20H20F3N3O2/c1-2-12-5-3-4-6-15(12)26-16(10-18(25-26)20(21,22)23)13-7-8-17-14(9-13)24-19(27)11-28-17/h5-6,8-10,13H,2-4,7,11H2,1H3,(H,24,27). The van der Waals surface area contributed by atoms with Crippen molar-refractivity contribution in [1.82, 2.24) is 15.1 Å². The van der Waals surface area contributed by atoms with E-state index < -0.39 is 11.9 Å². The average molecular weight is 391 g/mol. The first kappa shape index (κ1) is 18.6. The first-order valence-electron chi connectivity index (χ1n) is 9.29. The Bertz CT molecular complexity index is 935. The molecule has 0 aromatic carbocycles. The zero-order valence-electron chi connectivity index (χ0n) is 15.3. The van der Waals surface area contributed by atoms with Crippen molar-refractivity contribution < 1.29 is 22.7 Å². The lowest BCUT2D eigenvalue weighted by Crippen LogP contribution is -2.35. The highest BCUT2D eigenvalue weighted by Crippen LogP contribution is 2.38. The number of ether oxygens (including phenoxy) is 1. The minimum atomic E-state index is -4.53. The summed E-state index contributed by atoms with van der Waals surface area (Å²) in [7, 11) is 0. The lowest BCUT2D eigenvalue weighted by molar-refractivity contribution is -0.141. The summed E-state index contributed by atoms with van der Waals surface area (Å²) in [6, 6.07) is 1.11. The molecule has 2 heterocycles. The van der Waals surface area contributed by atoms with Gasteiger partial charge in [-0.3, -0.25) is 4.79 Å². The van der Waals surface area contributed by atoms with E-state index in [0.717, 1.165) is 24.5 Å². The number of rotatable bonds is 3. The molecule has 0 spiro atoms. The Morgan fingerprint density at radius 1 is 1.29 bits per heavy atom. The first-order chi connectivity index (χ1) is 13.4. The molecule has 1 N–H and O–H groups in total. The monoisotopic (exact) mass is 391 g/mol. The predicted octanol–water partition coefficient (Wildman–Crippen LogP) is 4.27. The third-order valence-corrected chi connectivity index (χ3v) is 5.06. The smallest absolute Gasteiger partial charge is 0.435 e. The van der Waals surface area contributed by atoms with Crippen molar-refractivity contribution in [2.75, 3.05) is 6.61 Å². The summed E-state index contributed by atoms with van der Waals surface area (Å²) in [4.78, 5) is 11.6. The van der Waals surface area contributed by atoms with E-state index in [2.05, 4.69) is 16.5 Å². The number of alkyl halides is 3. The van der Waals surface area contributed by atoms with E-state index in [1.165, 1.54) is 4.68 Å². The van der Waals surface area contributed by atoms with Crippen LogP contribution in [-0.2, 0) is 15.7 Å². The van der Waals surface area contributed by atoms with E-state index in [4.69, 9.17) is 4.74 Å². The molecule has 1 fully saturated rings. The lowest BCUT2D eigenvalue weighted by atomic mass is 9.93. The number of hydrogen-bond donors (Lipinski definition) is 1. The summed E-state index contributed by atoms with van der Waals surface area (Å²) in [5.41, 5.74) is 1.72. The molecule has 1 aromatic heterocycles. The number of fused-ring (bicyclic) bond motifs is 1. The zero-order valence-corrected chi connectivity index (χ0v) is 15.3. The van der Waals surface area contributed by atoms with Gasteiger partial charge in [0.2, 0.25) is 0 Å². The SMILES string of the molecule is CCC1=CCCC=C1n1nc(C(F)(F)F)cc1C1C=C2NC(=O)COC2=CC1. The van der Waals surface area contributed by atoms with Gasteiger partial charge in [-0.1, -0.05) is 19.1 Å². The van der Waals surface area contributed by atoms with E-state index in [1.54, 1.807) is 12.2 Å². The van der Waals surface area contributed by atoms with Crippen molar-refractivity contribution >= 4 is 11.6 Å². The molecule has 4 rings (SSSR count). The number of morpholine rings is 1. The molecule has 3 aliphatic rings. The van der Waals surface area contributed by atoms with Crippen molar-refractivity contribution in [2.45, 2.75) is 44.7 Å². The van der Waals surface area contributed by atoms with Crippen LogP contribution in [0.1, 0.15) is 49.9 Å². The van der Waals surface area contributed by atoms with Gasteiger partial charge in [0.05, 0.1) is 17.1 Å². The second kappa shape index (κ2) is 7.00. The van der Waals surface area contributed by atoms with Crippen LogP contribution in [0.3, 0.4) is 0 Å². The summed E-state index contributed by atoms with van der Waals surface area (Å²) in [5.74, 6) is -0.0750.